The average Bonchev–Trinajstić information content (AvgIpc) is 2.66. The van der Waals surface area contributed by atoms with E-state index >= 15 is 0 Å². The SMILES string of the molecule is CC1CN(c2nc3ccccc3nc2N2CCC(C(=O)O)CC2)CC(C)O1. The van der Waals surface area contributed by atoms with Crippen molar-refractivity contribution >= 4 is 28.6 Å². The third kappa shape index (κ3) is 3.69. The number of carboxylic acids is 1. The molecule has 4 rings (SSSR count). The molecule has 0 amide bonds. The Morgan fingerprint density at radius 1 is 1.00 bits per heavy atom. The second-order valence-corrected chi connectivity index (χ2v) is 7.62. The Balaban J connectivity index is 1.70. The molecule has 0 aliphatic carbocycles. The molecule has 2 aromatic rings. The average molecular weight is 370 g/mol. The van der Waals surface area contributed by atoms with Crippen LogP contribution >= 0.6 is 0 Å². The van der Waals surface area contributed by atoms with Crippen LogP contribution in [0.2, 0.25) is 0 Å². The van der Waals surface area contributed by atoms with Gasteiger partial charge in [0.1, 0.15) is 0 Å². The number of rotatable bonds is 3. The highest BCUT2D eigenvalue weighted by Crippen LogP contribution is 2.32. The summed E-state index contributed by atoms with van der Waals surface area (Å²) in [4.78, 5) is 25.6. The molecule has 7 nitrogen and oxygen atoms in total. The first-order valence-corrected chi connectivity index (χ1v) is 9.66. The summed E-state index contributed by atoms with van der Waals surface area (Å²) < 4.78 is 5.88. The van der Waals surface area contributed by atoms with Crippen molar-refractivity contribution < 1.29 is 14.6 Å². The second kappa shape index (κ2) is 7.31. The smallest absolute Gasteiger partial charge is 0.306 e. The number of aliphatic carboxylic acids is 1. The molecule has 2 aliphatic rings. The van der Waals surface area contributed by atoms with Gasteiger partial charge in [-0.05, 0) is 38.8 Å². The molecule has 0 radical (unpaired) electrons. The number of piperidine rings is 1. The molecule has 2 fully saturated rings. The zero-order valence-electron chi connectivity index (χ0n) is 15.8. The largest absolute Gasteiger partial charge is 0.481 e. The minimum atomic E-state index is -0.699. The third-order valence-electron chi connectivity index (χ3n) is 5.40. The molecule has 3 heterocycles. The van der Waals surface area contributed by atoms with Crippen LogP contribution in [0.4, 0.5) is 11.6 Å². The molecular formula is C20H26N4O3. The molecular weight excluding hydrogens is 344 g/mol. The summed E-state index contributed by atoms with van der Waals surface area (Å²) in [6, 6.07) is 7.91. The van der Waals surface area contributed by atoms with Crippen molar-refractivity contribution in [1.29, 1.82) is 0 Å². The lowest BCUT2D eigenvalue weighted by Crippen LogP contribution is -2.47. The van der Waals surface area contributed by atoms with Gasteiger partial charge in [0.25, 0.3) is 0 Å². The standard InChI is InChI=1S/C20H26N4O3/c1-13-11-24(12-14(2)27-13)19-18(21-16-5-3-4-6-17(16)22-19)23-9-7-15(8-10-23)20(25)26/h3-6,13-15H,7-12H2,1-2H3,(H,25,26). The molecule has 7 heteroatoms. The van der Waals surface area contributed by atoms with Gasteiger partial charge in [-0.25, -0.2) is 9.97 Å². The van der Waals surface area contributed by atoms with E-state index in [1.54, 1.807) is 0 Å². The van der Waals surface area contributed by atoms with E-state index in [9.17, 15) is 9.90 Å². The van der Waals surface area contributed by atoms with Crippen LogP contribution < -0.4 is 9.80 Å². The number of benzene rings is 1. The molecule has 0 spiro atoms. The van der Waals surface area contributed by atoms with Gasteiger partial charge in [-0.2, -0.15) is 0 Å². The maximum absolute atomic E-state index is 11.3. The van der Waals surface area contributed by atoms with E-state index in [1.807, 2.05) is 24.3 Å². The fourth-order valence-corrected chi connectivity index (χ4v) is 4.09. The summed E-state index contributed by atoms with van der Waals surface area (Å²) in [5.41, 5.74) is 1.74. The molecule has 2 aliphatic heterocycles. The molecule has 2 saturated heterocycles. The second-order valence-electron chi connectivity index (χ2n) is 7.62. The van der Waals surface area contributed by atoms with Gasteiger partial charge in [0.15, 0.2) is 11.6 Å². The summed E-state index contributed by atoms with van der Waals surface area (Å²) in [6.07, 6.45) is 1.54. The minimum Gasteiger partial charge on any atom is -0.481 e. The van der Waals surface area contributed by atoms with Crippen LogP contribution in [0.5, 0.6) is 0 Å². The molecule has 1 aromatic carbocycles. The lowest BCUT2D eigenvalue weighted by Gasteiger charge is -2.39. The lowest BCUT2D eigenvalue weighted by atomic mass is 9.97. The number of fused-ring (bicyclic) bond motifs is 1. The van der Waals surface area contributed by atoms with Crippen molar-refractivity contribution in [3.63, 3.8) is 0 Å². The summed E-state index contributed by atoms with van der Waals surface area (Å²) in [5, 5.41) is 9.28. The quantitative estimate of drug-likeness (QED) is 0.889. The first-order chi connectivity index (χ1) is 13.0. The predicted molar refractivity (Wildman–Crippen MR) is 104 cm³/mol. The van der Waals surface area contributed by atoms with E-state index in [-0.39, 0.29) is 18.1 Å². The number of morpholine rings is 1. The third-order valence-corrected chi connectivity index (χ3v) is 5.40. The van der Waals surface area contributed by atoms with Gasteiger partial charge in [0.2, 0.25) is 0 Å². The van der Waals surface area contributed by atoms with Crippen LogP contribution in [0.15, 0.2) is 24.3 Å². The summed E-state index contributed by atoms with van der Waals surface area (Å²) >= 11 is 0. The van der Waals surface area contributed by atoms with Gasteiger partial charge in [-0.3, -0.25) is 4.79 Å². The topological polar surface area (TPSA) is 78.8 Å². The predicted octanol–water partition coefficient (Wildman–Crippen LogP) is 2.54. The van der Waals surface area contributed by atoms with Gasteiger partial charge >= 0.3 is 5.97 Å². The van der Waals surface area contributed by atoms with E-state index in [0.717, 1.165) is 35.8 Å². The molecule has 0 saturated carbocycles. The first kappa shape index (κ1) is 18.0. The van der Waals surface area contributed by atoms with Crippen molar-refractivity contribution in [3.8, 4) is 0 Å². The number of anilines is 2. The molecule has 2 atom stereocenters. The van der Waals surface area contributed by atoms with Crippen molar-refractivity contribution in [2.75, 3.05) is 36.0 Å². The Morgan fingerprint density at radius 2 is 1.52 bits per heavy atom. The molecule has 144 valence electrons. The number of hydrogen-bond acceptors (Lipinski definition) is 6. The normalized spacial score (nSPS) is 24.4. The Kier molecular flexibility index (Phi) is 4.86. The van der Waals surface area contributed by atoms with Crippen molar-refractivity contribution in [2.45, 2.75) is 38.9 Å². The number of para-hydroxylation sites is 2. The van der Waals surface area contributed by atoms with Crippen LogP contribution in [0, 0.1) is 5.92 Å². The fraction of sp³-hybridized carbons (Fsp3) is 0.550. The summed E-state index contributed by atoms with van der Waals surface area (Å²) in [7, 11) is 0. The maximum atomic E-state index is 11.3. The monoisotopic (exact) mass is 370 g/mol. The Morgan fingerprint density at radius 3 is 2.04 bits per heavy atom. The number of ether oxygens (including phenoxy) is 1. The van der Waals surface area contributed by atoms with E-state index < -0.39 is 5.97 Å². The van der Waals surface area contributed by atoms with Crippen LogP contribution in [0.1, 0.15) is 26.7 Å². The number of aromatic nitrogens is 2. The molecule has 27 heavy (non-hydrogen) atoms. The maximum Gasteiger partial charge on any atom is 0.306 e. The first-order valence-electron chi connectivity index (χ1n) is 9.66. The van der Waals surface area contributed by atoms with Crippen molar-refractivity contribution in [3.05, 3.63) is 24.3 Å². The Labute approximate surface area is 159 Å². The lowest BCUT2D eigenvalue weighted by molar-refractivity contribution is -0.142. The highest BCUT2D eigenvalue weighted by atomic mass is 16.5. The Bertz CT molecular complexity index is 825. The van der Waals surface area contributed by atoms with E-state index in [2.05, 4.69) is 23.6 Å². The van der Waals surface area contributed by atoms with Gasteiger partial charge in [0, 0.05) is 26.2 Å². The van der Waals surface area contributed by atoms with Crippen LogP contribution in [0.3, 0.4) is 0 Å². The van der Waals surface area contributed by atoms with Crippen LogP contribution in [-0.4, -0.2) is 59.4 Å². The number of carbonyl (C=O) groups is 1. The van der Waals surface area contributed by atoms with Gasteiger partial charge in [-0.15, -0.1) is 0 Å². The summed E-state index contributed by atoms with van der Waals surface area (Å²) in [6.45, 7) is 7.08. The zero-order chi connectivity index (χ0) is 19.0. The van der Waals surface area contributed by atoms with Gasteiger partial charge in [-0.1, -0.05) is 12.1 Å². The number of carboxylic acid groups (broad SMARTS) is 1. The minimum absolute atomic E-state index is 0.132. The Hall–Kier alpha value is -2.41. The van der Waals surface area contributed by atoms with Crippen LogP contribution in [-0.2, 0) is 9.53 Å². The number of nitrogens with zero attached hydrogens (tertiary/aromatic N) is 4. The van der Waals surface area contributed by atoms with E-state index in [0.29, 0.717) is 25.9 Å². The van der Waals surface area contributed by atoms with Crippen LogP contribution in [0.25, 0.3) is 11.0 Å². The highest BCUT2D eigenvalue weighted by molar-refractivity contribution is 5.81. The van der Waals surface area contributed by atoms with Crippen molar-refractivity contribution in [1.82, 2.24) is 9.97 Å². The molecule has 1 N–H and O–H groups in total. The fourth-order valence-electron chi connectivity index (χ4n) is 4.09. The molecule has 0 bridgehead atoms. The molecule has 1 aromatic heterocycles. The van der Waals surface area contributed by atoms with Crippen molar-refractivity contribution in [2.24, 2.45) is 5.92 Å². The van der Waals surface area contributed by atoms with Gasteiger partial charge in [0.05, 0.1) is 29.2 Å². The van der Waals surface area contributed by atoms with Gasteiger partial charge < -0.3 is 19.6 Å². The molecule has 2 unspecified atom stereocenters. The number of hydrogen-bond donors (Lipinski definition) is 1. The zero-order valence-corrected chi connectivity index (χ0v) is 15.8. The van der Waals surface area contributed by atoms with E-state index in [1.165, 1.54) is 0 Å². The van der Waals surface area contributed by atoms with E-state index in [4.69, 9.17) is 14.7 Å². The highest BCUT2D eigenvalue weighted by Gasteiger charge is 2.31. The summed E-state index contributed by atoms with van der Waals surface area (Å²) in [5.74, 6) is 0.778.